The molecule has 1 heterocycles. The number of aromatic nitrogens is 1. The van der Waals surface area contributed by atoms with Crippen LogP contribution in [0.4, 0.5) is 0 Å². The average molecular weight is 508 g/mol. The molecule has 0 saturated heterocycles. The maximum absolute atomic E-state index is 13.0. The number of hydrogen-bond acceptors (Lipinski definition) is 8. The Bertz CT molecular complexity index is 947. The van der Waals surface area contributed by atoms with Gasteiger partial charge in [-0.1, -0.05) is 18.6 Å². The number of aliphatic hydroxyl groups excluding tert-OH is 2. The van der Waals surface area contributed by atoms with E-state index in [0.717, 1.165) is 29.7 Å². The van der Waals surface area contributed by atoms with Crippen molar-refractivity contribution in [3.8, 4) is 0 Å². The zero-order valence-corrected chi connectivity index (χ0v) is 20.2. The van der Waals surface area contributed by atoms with Crippen LogP contribution in [0.3, 0.4) is 0 Å². The van der Waals surface area contributed by atoms with Gasteiger partial charge in [-0.25, -0.2) is 0 Å². The van der Waals surface area contributed by atoms with Crippen molar-refractivity contribution in [3.05, 3.63) is 29.1 Å². The quantitative estimate of drug-likeness (QED) is 0.110. The monoisotopic (exact) mass is 507 g/mol. The van der Waals surface area contributed by atoms with E-state index < -0.39 is 61.0 Å². The molecule has 36 heavy (non-hydrogen) atoms. The number of primary amides is 1. The Morgan fingerprint density at radius 1 is 0.972 bits per heavy atom. The lowest BCUT2D eigenvalue weighted by Gasteiger charge is -2.24. The normalized spacial score (nSPS) is 15.8. The summed E-state index contributed by atoms with van der Waals surface area (Å²) in [6.07, 6.45) is 9.04. The highest BCUT2D eigenvalue weighted by Crippen LogP contribution is 2.23. The van der Waals surface area contributed by atoms with Crippen molar-refractivity contribution in [2.24, 2.45) is 17.2 Å². The minimum absolute atomic E-state index is 0.0371. The Labute approximate surface area is 209 Å². The zero-order chi connectivity index (χ0) is 26.7. The molecule has 1 unspecified atom stereocenters. The second kappa shape index (κ2) is 14.3. The number of carbonyl (C=O) groups excluding carboxylic acids is 4. The van der Waals surface area contributed by atoms with Crippen LogP contribution in [0.25, 0.3) is 6.08 Å². The zero-order valence-electron chi connectivity index (χ0n) is 20.2. The molecule has 200 valence electrons. The van der Waals surface area contributed by atoms with E-state index >= 15 is 0 Å². The number of nitrogens with two attached hydrogens (primary N) is 3. The SMILES string of the molecule is NCCCC[C@H](N)C(=O)N[C@@H](CO)C(=O)NC(Cc1c[nH]c2c1C=CCC2)C(=O)N[C@@H](CO)C(N)=O. The highest BCUT2D eigenvalue weighted by atomic mass is 16.3. The van der Waals surface area contributed by atoms with Gasteiger partial charge in [-0.3, -0.25) is 19.2 Å². The summed E-state index contributed by atoms with van der Waals surface area (Å²) in [4.78, 5) is 52.9. The van der Waals surface area contributed by atoms with Gasteiger partial charge in [-0.05, 0) is 43.4 Å². The Morgan fingerprint density at radius 2 is 1.61 bits per heavy atom. The van der Waals surface area contributed by atoms with Crippen LogP contribution in [-0.2, 0) is 32.0 Å². The number of rotatable bonds is 15. The van der Waals surface area contributed by atoms with E-state index in [1.165, 1.54) is 0 Å². The first-order chi connectivity index (χ1) is 17.2. The summed E-state index contributed by atoms with van der Waals surface area (Å²) >= 11 is 0. The van der Waals surface area contributed by atoms with Crippen LogP contribution in [0.5, 0.6) is 0 Å². The Morgan fingerprint density at radius 3 is 2.25 bits per heavy atom. The molecule has 0 aromatic carbocycles. The number of allylic oxidation sites excluding steroid dienone is 1. The molecule has 13 nitrogen and oxygen atoms in total. The molecule has 0 aliphatic heterocycles. The van der Waals surface area contributed by atoms with Gasteiger partial charge in [0, 0.05) is 18.3 Å². The van der Waals surface area contributed by atoms with Crippen molar-refractivity contribution in [3.63, 3.8) is 0 Å². The second-order valence-electron chi connectivity index (χ2n) is 8.69. The third-order valence-corrected chi connectivity index (χ3v) is 5.96. The summed E-state index contributed by atoms with van der Waals surface area (Å²) in [6, 6.07) is -4.81. The number of fused-ring (bicyclic) bond motifs is 1. The molecule has 4 amide bonds. The maximum atomic E-state index is 13.0. The lowest BCUT2D eigenvalue weighted by atomic mass is 9.97. The van der Waals surface area contributed by atoms with Crippen LogP contribution in [0, 0.1) is 0 Å². The number of nitrogens with one attached hydrogen (secondary N) is 4. The van der Waals surface area contributed by atoms with Crippen molar-refractivity contribution in [1.82, 2.24) is 20.9 Å². The van der Waals surface area contributed by atoms with Crippen molar-refractivity contribution >= 4 is 29.7 Å². The smallest absolute Gasteiger partial charge is 0.245 e. The van der Waals surface area contributed by atoms with Crippen LogP contribution < -0.4 is 33.2 Å². The largest absolute Gasteiger partial charge is 0.394 e. The summed E-state index contributed by atoms with van der Waals surface area (Å²) in [5, 5.41) is 26.3. The topological polar surface area (TPSA) is 239 Å². The van der Waals surface area contributed by atoms with E-state index in [0.29, 0.717) is 25.8 Å². The number of amides is 4. The molecule has 0 bridgehead atoms. The summed E-state index contributed by atoms with van der Waals surface area (Å²) in [5.74, 6) is -3.15. The summed E-state index contributed by atoms with van der Waals surface area (Å²) in [6.45, 7) is -0.988. The minimum Gasteiger partial charge on any atom is -0.394 e. The van der Waals surface area contributed by atoms with Crippen molar-refractivity contribution in [1.29, 1.82) is 0 Å². The van der Waals surface area contributed by atoms with E-state index in [4.69, 9.17) is 17.2 Å². The highest BCUT2D eigenvalue weighted by molar-refractivity contribution is 5.94. The second-order valence-corrected chi connectivity index (χ2v) is 8.69. The molecular weight excluding hydrogens is 470 g/mol. The molecule has 2 rings (SSSR count). The first kappa shape index (κ1) is 29.0. The van der Waals surface area contributed by atoms with E-state index in [1.807, 2.05) is 12.2 Å². The van der Waals surface area contributed by atoms with Crippen molar-refractivity contribution < 1.29 is 29.4 Å². The van der Waals surface area contributed by atoms with Gasteiger partial charge in [0.15, 0.2) is 0 Å². The minimum atomic E-state index is -1.36. The number of unbranched alkanes of at least 4 members (excludes halogenated alkanes) is 1. The molecule has 0 spiro atoms. The van der Waals surface area contributed by atoms with Gasteiger partial charge in [-0.2, -0.15) is 0 Å². The molecule has 1 aliphatic carbocycles. The molecular formula is C23H37N7O6. The number of H-pyrrole nitrogens is 1. The van der Waals surface area contributed by atoms with Gasteiger partial charge in [-0.15, -0.1) is 0 Å². The first-order valence-corrected chi connectivity index (χ1v) is 11.9. The van der Waals surface area contributed by atoms with Gasteiger partial charge < -0.3 is 48.3 Å². The standard InChI is InChI=1S/C23H37N7O6/c24-8-4-3-6-15(25)21(34)30-19(12-32)23(36)28-17(22(35)29-18(11-31)20(26)33)9-13-10-27-16-7-2-1-5-14(13)16/h1,5,10,15,17-19,27,31-32H,2-4,6-9,11-12,24-25H2,(H2,26,33)(H,28,36)(H,29,35)(H,30,34)/t15-,17?,18-,19-/m0/s1. The van der Waals surface area contributed by atoms with Crippen LogP contribution in [0.2, 0.25) is 0 Å². The van der Waals surface area contributed by atoms with Crippen LogP contribution in [0.1, 0.15) is 42.5 Å². The van der Waals surface area contributed by atoms with Gasteiger partial charge in [0.25, 0.3) is 0 Å². The lowest BCUT2D eigenvalue weighted by molar-refractivity contribution is -0.134. The van der Waals surface area contributed by atoms with Crippen molar-refractivity contribution in [2.75, 3.05) is 19.8 Å². The van der Waals surface area contributed by atoms with Crippen LogP contribution in [0.15, 0.2) is 12.3 Å². The number of aryl methyl sites for hydroxylation is 1. The Kier molecular flexibility index (Phi) is 11.5. The maximum Gasteiger partial charge on any atom is 0.245 e. The van der Waals surface area contributed by atoms with Crippen molar-refractivity contribution in [2.45, 2.75) is 62.7 Å². The molecule has 0 fully saturated rings. The van der Waals surface area contributed by atoms with Gasteiger partial charge in [0.2, 0.25) is 23.6 Å². The fourth-order valence-corrected chi connectivity index (χ4v) is 3.83. The fourth-order valence-electron chi connectivity index (χ4n) is 3.83. The summed E-state index contributed by atoms with van der Waals surface area (Å²) in [7, 11) is 0. The number of aromatic amines is 1. The third-order valence-electron chi connectivity index (χ3n) is 5.96. The predicted molar refractivity (Wildman–Crippen MR) is 132 cm³/mol. The first-order valence-electron chi connectivity index (χ1n) is 11.9. The molecule has 1 aromatic rings. The van der Waals surface area contributed by atoms with Gasteiger partial charge >= 0.3 is 0 Å². The van der Waals surface area contributed by atoms with E-state index in [1.54, 1.807) is 6.20 Å². The molecule has 0 saturated carbocycles. The Balaban J connectivity index is 2.15. The molecule has 13 heteroatoms. The van der Waals surface area contributed by atoms with E-state index in [-0.39, 0.29) is 6.42 Å². The molecule has 0 radical (unpaired) electrons. The Hall–Kier alpha value is -3.26. The van der Waals surface area contributed by atoms with Crippen LogP contribution in [-0.4, -0.2) is 82.8 Å². The molecule has 12 N–H and O–H groups in total. The average Bonchev–Trinajstić information content (AvgIpc) is 3.27. The van der Waals surface area contributed by atoms with E-state index in [9.17, 15) is 29.4 Å². The number of carbonyl (C=O) groups is 4. The van der Waals surface area contributed by atoms with E-state index in [2.05, 4.69) is 20.9 Å². The lowest BCUT2D eigenvalue weighted by Crippen LogP contribution is -2.59. The predicted octanol–water partition coefficient (Wildman–Crippen LogP) is -3.10. The highest BCUT2D eigenvalue weighted by Gasteiger charge is 2.30. The number of hydrogen-bond donors (Lipinski definition) is 9. The summed E-state index contributed by atoms with van der Waals surface area (Å²) in [5.41, 5.74) is 19.1. The molecule has 4 atom stereocenters. The summed E-state index contributed by atoms with van der Waals surface area (Å²) < 4.78 is 0. The van der Waals surface area contributed by atoms with Crippen LogP contribution >= 0.6 is 0 Å². The number of aliphatic hydroxyl groups is 2. The third kappa shape index (κ3) is 8.16. The molecule has 1 aromatic heterocycles. The fraction of sp³-hybridized carbons (Fsp3) is 0.565. The van der Waals surface area contributed by atoms with Gasteiger partial charge in [0.1, 0.15) is 18.1 Å². The van der Waals surface area contributed by atoms with Gasteiger partial charge in [0.05, 0.1) is 19.3 Å². The molecule has 1 aliphatic rings.